The van der Waals surface area contributed by atoms with Crippen LogP contribution in [-0.4, -0.2) is 44.9 Å². The number of carbonyl (C=O) groups is 1. The standard InChI is InChI=1S/C7H16N2O4S/c1-2-8-4-5-9-14(12,13)6-3-7(10)11/h8-9H,2-6H2,1H3,(H,10,11). The van der Waals surface area contributed by atoms with E-state index in [1.54, 1.807) is 0 Å². The minimum atomic E-state index is -3.43. The van der Waals surface area contributed by atoms with E-state index in [0.717, 1.165) is 6.54 Å². The molecule has 84 valence electrons. The maximum atomic E-state index is 11.1. The van der Waals surface area contributed by atoms with Crippen LogP contribution in [0.5, 0.6) is 0 Å². The Morgan fingerprint density at radius 3 is 2.50 bits per heavy atom. The van der Waals surface area contributed by atoms with Crippen LogP contribution in [-0.2, 0) is 14.8 Å². The molecule has 0 aliphatic carbocycles. The zero-order chi connectivity index (χ0) is 11.0. The zero-order valence-electron chi connectivity index (χ0n) is 8.12. The molecule has 0 aromatic rings. The largest absolute Gasteiger partial charge is 0.481 e. The van der Waals surface area contributed by atoms with Gasteiger partial charge in [-0.1, -0.05) is 6.92 Å². The Kier molecular flexibility index (Phi) is 6.43. The second kappa shape index (κ2) is 6.74. The molecule has 0 unspecified atom stereocenters. The number of aliphatic carboxylic acids is 1. The van der Waals surface area contributed by atoms with Crippen molar-refractivity contribution < 1.29 is 18.3 Å². The average Bonchev–Trinajstić information content (AvgIpc) is 2.10. The SMILES string of the molecule is CCNCCNS(=O)(=O)CCC(=O)O. The Bertz CT molecular complexity index is 263. The third kappa shape index (κ3) is 7.96. The molecule has 0 heterocycles. The van der Waals surface area contributed by atoms with Crippen molar-refractivity contribution in [1.29, 1.82) is 0 Å². The van der Waals surface area contributed by atoms with Gasteiger partial charge in [-0.3, -0.25) is 4.79 Å². The number of likely N-dealkylation sites (N-methyl/N-ethyl adjacent to an activating group) is 1. The predicted molar refractivity (Wildman–Crippen MR) is 52.6 cm³/mol. The predicted octanol–water partition coefficient (Wildman–Crippen LogP) is -1.01. The molecule has 0 saturated carbocycles. The van der Waals surface area contributed by atoms with Gasteiger partial charge in [-0.15, -0.1) is 0 Å². The molecular formula is C7H16N2O4S. The molecule has 0 aliphatic rings. The molecule has 0 aromatic heterocycles. The summed E-state index contributed by atoms with van der Waals surface area (Å²) in [6.45, 7) is 3.52. The van der Waals surface area contributed by atoms with E-state index in [9.17, 15) is 13.2 Å². The first-order valence-corrected chi connectivity index (χ1v) is 6.03. The fraction of sp³-hybridized carbons (Fsp3) is 0.857. The summed E-state index contributed by atoms with van der Waals surface area (Å²) in [5, 5.41) is 11.2. The number of rotatable bonds is 8. The molecule has 0 bridgehead atoms. The Morgan fingerprint density at radius 1 is 1.36 bits per heavy atom. The van der Waals surface area contributed by atoms with Crippen molar-refractivity contribution in [2.24, 2.45) is 0 Å². The van der Waals surface area contributed by atoms with Gasteiger partial charge in [-0.05, 0) is 6.54 Å². The van der Waals surface area contributed by atoms with Gasteiger partial charge in [-0.25, -0.2) is 13.1 Å². The van der Waals surface area contributed by atoms with E-state index in [0.29, 0.717) is 6.54 Å². The monoisotopic (exact) mass is 224 g/mol. The van der Waals surface area contributed by atoms with Gasteiger partial charge in [0.2, 0.25) is 10.0 Å². The fourth-order valence-corrected chi connectivity index (χ4v) is 1.77. The van der Waals surface area contributed by atoms with Gasteiger partial charge in [0.25, 0.3) is 0 Å². The molecule has 0 spiro atoms. The maximum Gasteiger partial charge on any atom is 0.304 e. The Morgan fingerprint density at radius 2 is 2.00 bits per heavy atom. The second-order valence-corrected chi connectivity index (χ2v) is 4.64. The summed E-state index contributed by atoms with van der Waals surface area (Å²) in [5.74, 6) is -1.48. The van der Waals surface area contributed by atoms with Crippen molar-refractivity contribution in [3.05, 3.63) is 0 Å². The van der Waals surface area contributed by atoms with E-state index in [1.807, 2.05) is 6.92 Å². The van der Waals surface area contributed by atoms with Crippen LogP contribution >= 0.6 is 0 Å². The van der Waals surface area contributed by atoms with Crippen molar-refractivity contribution in [2.45, 2.75) is 13.3 Å². The molecule has 0 fully saturated rings. The van der Waals surface area contributed by atoms with E-state index in [2.05, 4.69) is 10.0 Å². The van der Waals surface area contributed by atoms with Gasteiger partial charge in [0, 0.05) is 13.1 Å². The lowest BCUT2D eigenvalue weighted by atomic mass is 10.5. The fourth-order valence-electron chi connectivity index (χ4n) is 0.766. The first-order valence-electron chi connectivity index (χ1n) is 4.38. The van der Waals surface area contributed by atoms with Gasteiger partial charge >= 0.3 is 5.97 Å². The van der Waals surface area contributed by atoms with E-state index in [-0.39, 0.29) is 18.7 Å². The number of hydrogen-bond donors (Lipinski definition) is 3. The van der Waals surface area contributed by atoms with Crippen LogP contribution in [0, 0.1) is 0 Å². The van der Waals surface area contributed by atoms with Crippen molar-refractivity contribution in [3.8, 4) is 0 Å². The van der Waals surface area contributed by atoms with Crippen LogP contribution in [0.1, 0.15) is 13.3 Å². The molecule has 0 amide bonds. The first-order chi connectivity index (χ1) is 6.48. The lowest BCUT2D eigenvalue weighted by Gasteiger charge is -2.05. The topological polar surface area (TPSA) is 95.5 Å². The lowest BCUT2D eigenvalue weighted by Crippen LogP contribution is -2.33. The minimum Gasteiger partial charge on any atom is -0.481 e. The zero-order valence-corrected chi connectivity index (χ0v) is 8.93. The van der Waals surface area contributed by atoms with Crippen LogP contribution < -0.4 is 10.0 Å². The number of sulfonamides is 1. The normalized spacial score (nSPS) is 11.5. The third-order valence-corrected chi connectivity index (χ3v) is 2.84. The lowest BCUT2D eigenvalue weighted by molar-refractivity contribution is -0.136. The van der Waals surface area contributed by atoms with E-state index >= 15 is 0 Å². The summed E-state index contributed by atoms with van der Waals surface area (Å²) in [5.41, 5.74) is 0. The molecule has 0 radical (unpaired) electrons. The van der Waals surface area contributed by atoms with Crippen molar-refractivity contribution in [1.82, 2.24) is 10.0 Å². The van der Waals surface area contributed by atoms with Gasteiger partial charge in [-0.2, -0.15) is 0 Å². The van der Waals surface area contributed by atoms with E-state index in [4.69, 9.17) is 5.11 Å². The molecule has 14 heavy (non-hydrogen) atoms. The Labute approximate surface area is 83.7 Å². The molecule has 7 heteroatoms. The van der Waals surface area contributed by atoms with Crippen LogP contribution in [0.15, 0.2) is 0 Å². The average molecular weight is 224 g/mol. The second-order valence-electron chi connectivity index (χ2n) is 2.71. The summed E-state index contributed by atoms with van der Waals surface area (Å²) >= 11 is 0. The van der Waals surface area contributed by atoms with Crippen molar-refractivity contribution in [3.63, 3.8) is 0 Å². The molecule has 0 rings (SSSR count). The maximum absolute atomic E-state index is 11.1. The molecule has 3 N–H and O–H groups in total. The minimum absolute atomic E-state index is 0.287. The van der Waals surface area contributed by atoms with Crippen LogP contribution in [0.4, 0.5) is 0 Å². The quantitative estimate of drug-likeness (QED) is 0.459. The third-order valence-electron chi connectivity index (χ3n) is 1.46. The summed E-state index contributed by atoms with van der Waals surface area (Å²) < 4.78 is 24.5. The Hall–Kier alpha value is -0.660. The molecule has 0 aliphatic heterocycles. The van der Waals surface area contributed by atoms with Gasteiger partial charge in [0.1, 0.15) is 0 Å². The number of carboxylic acid groups (broad SMARTS) is 1. The van der Waals surface area contributed by atoms with E-state index < -0.39 is 16.0 Å². The van der Waals surface area contributed by atoms with Crippen molar-refractivity contribution >= 4 is 16.0 Å². The summed E-state index contributed by atoms with van der Waals surface area (Å²) in [6.07, 6.45) is -0.365. The smallest absolute Gasteiger partial charge is 0.304 e. The van der Waals surface area contributed by atoms with Gasteiger partial charge < -0.3 is 10.4 Å². The Balaban J connectivity index is 3.67. The summed E-state index contributed by atoms with van der Waals surface area (Å²) in [6, 6.07) is 0. The van der Waals surface area contributed by atoms with Crippen LogP contribution in [0.3, 0.4) is 0 Å². The molecular weight excluding hydrogens is 208 g/mol. The first kappa shape index (κ1) is 13.3. The molecule has 0 atom stereocenters. The van der Waals surface area contributed by atoms with E-state index in [1.165, 1.54) is 0 Å². The van der Waals surface area contributed by atoms with Gasteiger partial charge in [0.15, 0.2) is 0 Å². The number of nitrogens with one attached hydrogen (secondary N) is 2. The summed E-state index contributed by atoms with van der Waals surface area (Å²) in [4.78, 5) is 10.1. The molecule has 0 aromatic carbocycles. The molecule has 6 nitrogen and oxygen atoms in total. The summed E-state index contributed by atoms with van der Waals surface area (Å²) in [7, 11) is -3.43. The highest BCUT2D eigenvalue weighted by Crippen LogP contribution is 1.88. The van der Waals surface area contributed by atoms with Crippen LogP contribution in [0.25, 0.3) is 0 Å². The van der Waals surface area contributed by atoms with Crippen molar-refractivity contribution in [2.75, 3.05) is 25.4 Å². The number of carboxylic acids is 1. The highest BCUT2D eigenvalue weighted by atomic mass is 32.2. The highest BCUT2D eigenvalue weighted by molar-refractivity contribution is 7.89. The molecule has 0 saturated heterocycles. The highest BCUT2D eigenvalue weighted by Gasteiger charge is 2.11. The van der Waals surface area contributed by atoms with Crippen LogP contribution in [0.2, 0.25) is 0 Å². The van der Waals surface area contributed by atoms with Gasteiger partial charge in [0.05, 0.1) is 12.2 Å². The number of hydrogen-bond acceptors (Lipinski definition) is 4.